The molecule has 0 aromatic heterocycles. The standard InChI is InChI=1S/C9H19NOS/c1-8-5-9(11)7-10(6-8)3-2-4-12/h8-9,11-12H,2-7H2,1H3/t8-,9+/m1/s1. The first-order valence-corrected chi connectivity index (χ1v) is 5.37. The molecule has 1 saturated heterocycles. The Morgan fingerprint density at radius 1 is 1.50 bits per heavy atom. The second-order valence-corrected chi connectivity index (χ2v) is 4.28. The third-order valence-corrected chi connectivity index (χ3v) is 2.66. The van der Waals surface area contributed by atoms with E-state index in [4.69, 9.17) is 0 Å². The van der Waals surface area contributed by atoms with Crippen molar-refractivity contribution in [3.05, 3.63) is 0 Å². The van der Waals surface area contributed by atoms with Gasteiger partial charge in [0.2, 0.25) is 0 Å². The summed E-state index contributed by atoms with van der Waals surface area (Å²) in [6, 6.07) is 0. The first-order chi connectivity index (χ1) is 5.72. The van der Waals surface area contributed by atoms with Crippen molar-refractivity contribution in [1.29, 1.82) is 0 Å². The van der Waals surface area contributed by atoms with Crippen LogP contribution in [0.4, 0.5) is 0 Å². The fraction of sp³-hybridized carbons (Fsp3) is 1.00. The number of nitrogens with zero attached hydrogens (tertiary/aromatic N) is 1. The fourth-order valence-corrected chi connectivity index (χ4v) is 2.05. The number of likely N-dealkylation sites (tertiary alicyclic amines) is 1. The normalized spacial score (nSPS) is 32.2. The van der Waals surface area contributed by atoms with Crippen LogP contribution in [0.25, 0.3) is 0 Å². The minimum absolute atomic E-state index is 0.103. The third kappa shape index (κ3) is 3.33. The zero-order valence-electron chi connectivity index (χ0n) is 7.74. The van der Waals surface area contributed by atoms with Crippen LogP contribution in [-0.4, -0.2) is 41.5 Å². The average Bonchev–Trinajstić information content (AvgIpc) is 1.99. The second kappa shape index (κ2) is 5.10. The molecule has 2 atom stereocenters. The monoisotopic (exact) mass is 189 g/mol. The lowest BCUT2D eigenvalue weighted by Crippen LogP contribution is -2.42. The van der Waals surface area contributed by atoms with Crippen LogP contribution in [0.3, 0.4) is 0 Å². The predicted octanol–water partition coefficient (Wildman–Crippen LogP) is 1.01. The van der Waals surface area contributed by atoms with Crippen molar-refractivity contribution in [1.82, 2.24) is 4.90 Å². The summed E-state index contributed by atoms with van der Waals surface area (Å²) in [7, 11) is 0. The van der Waals surface area contributed by atoms with E-state index in [0.29, 0.717) is 5.92 Å². The minimum Gasteiger partial charge on any atom is -0.392 e. The molecule has 1 aliphatic rings. The van der Waals surface area contributed by atoms with Crippen LogP contribution in [0.2, 0.25) is 0 Å². The van der Waals surface area contributed by atoms with Crippen molar-refractivity contribution in [2.24, 2.45) is 5.92 Å². The van der Waals surface area contributed by atoms with E-state index in [1.165, 1.54) is 0 Å². The number of hydrogen-bond donors (Lipinski definition) is 2. The maximum Gasteiger partial charge on any atom is 0.0670 e. The second-order valence-electron chi connectivity index (χ2n) is 3.83. The molecule has 1 rings (SSSR count). The summed E-state index contributed by atoms with van der Waals surface area (Å²) >= 11 is 4.18. The van der Waals surface area contributed by atoms with Crippen molar-refractivity contribution in [2.75, 3.05) is 25.4 Å². The van der Waals surface area contributed by atoms with E-state index in [-0.39, 0.29) is 6.10 Å². The zero-order chi connectivity index (χ0) is 8.97. The lowest BCUT2D eigenvalue weighted by atomic mass is 9.98. The van der Waals surface area contributed by atoms with Crippen molar-refractivity contribution in [3.63, 3.8) is 0 Å². The Hall–Kier alpha value is 0.270. The van der Waals surface area contributed by atoms with Gasteiger partial charge in [-0.15, -0.1) is 0 Å². The van der Waals surface area contributed by atoms with Gasteiger partial charge in [0.05, 0.1) is 6.10 Å². The Labute approximate surface area is 80.4 Å². The lowest BCUT2D eigenvalue weighted by Gasteiger charge is -2.33. The summed E-state index contributed by atoms with van der Waals surface area (Å²) < 4.78 is 0. The zero-order valence-corrected chi connectivity index (χ0v) is 8.63. The minimum atomic E-state index is -0.103. The number of hydrogen-bond acceptors (Lipinski definition) is 3. The molecular weight excluding hydrogens is 170 g/mol. The van der Waals surface area contributed by atoms with E-state index >= 15 is 0 Å². The number of aliphatic hydroxyl groups excluding tert-OH is 1. The largest absolute Gasteiger partial charge is 0.392 e. The molecule has 0 aromatic rings. The van der Waals surface area contributed by atoms with Crippen LogP contribution in [0.15, 0.2) is 0 Å². The van der Waals surface area contributed by atoms with Gasteiger partial charge in [-0.2, -0.15) is 12.6 Å². The van der Waals surface area contributed by atoms with Crippen LogP contribution in [0.5, 0.6) is 0 Å². The van der Waals surface area contributed by atoms with E-state index in [1.54, 1.807) is 0 Å². The molecule has 0 saturated carbocycles. The Bertz CT molecular complexity index is 122. The maximum atomic E-state index is 9.49. The Kier molecular flexibility index (Phi) is 4.40. The van der Waals surface area contributed by atoms with Gasteiger partial charge in [-0.1, -0.05) is 6.92 Å². The van der Waals surface area contributed by atoms with Gasteiger partial charge >= 0.3 is 0 Å². The molecule has 0 unspecified atom stereocenters. The van der Waals surface area contributed by atoms with Gasteiger partial charge < -0.3 is 10.0 Å². The smallest absolute Gasteiger partial charge is 0.0670 e. The van der Waals surface area contributed by atoms with Crippen molar-refractivity contribution in [2.45, 2.75) is 25.9 Å². The molecule has 1 heterocycles. The number of rotatable bonds is 3. The van der Waals surface area contributed by atoms with Crippen LogP contribution < -0.4 is 0 Å². The Morgan fingerprint density at radius 3 is 2.83 bits per heavy atom. The number of piperidine rings is 1. The average molecular weight is 189 g/mol. The molecule has 0 bridgehead atoms. The van der Waals surface area contributed by atoms with Crippen LogP contribution in [0, 0.1) is 5.92 Å². The van der Waals surface area contributed by atoms with Crippen molar-refractivity contribution in [3.8, 4) is 0 Å². The van der Waals surface area contributed by atoms with Gasteiger partial charge in [-0.25, -0.2) is 0 Å². The summed E-state index contributed by atoms with van der Waals surface area (Å²) in [5.74, 6) is 1.59. The molecule has 0 spiro atoms. The molecule has 72 valence electrons. The third-order valence-electron chi connectivity index (χ3n) is 2.35. The SMILES string of the molecule is C[C@@H]1C[C@H](O)CN(CCCS)C1. The summed E-state index contributed by atoms with van der Waals surface area (Å²) in [4.78, 5) is 2.34. The molecule has 0 amide bonds. The molecule has 0 aliphatic carbocycles. The summed E-state index contributed by atoms with van der Waals surface area (Å²) in [5, 5.41) is 9.49. The molecule has 3 heteroatoms. The van der Waals surface area contributed by atoms with Gasteiger partial charge in [0.25, 0.3) is 0 Å². The highest BCUT2D eigenvalue weighted by atomic mass is 32.1. The summed E-state index contributed by atoms with van der Waals surface area (Å²) in [6.07, 6.45) is 1.99. The van der Waals surface area contributed by atoms with Gasteiger partial charge in [0.1, 0.15) is 0 Å². The molecule has 1 N–H and O–H groups in total. The molecular formula is C9H19NOS. The lowest BCUT2D eigenvalue weighted by molar-refractivity contribution is 0.0451. The van der Waals surface area contributed by atoms with Gasteiger partial charge in [0.15, 0.2) is 0 Å². The summed E-state index contributed by atoms with van der Waals surface area (Å²) in [5.41, 5.74) is 0. The van der Waals surface area contributed by atoms with Crippen LogP contribution in [-0.2, 0) is 0 Å². The van der Waals surface area contributed by atoms with E-state index in [9.17, 15) is 5.11 Å². The Morgan fingerprint density at radius 2 is 2.25 bits per heavy atom. The molecule has 0 radical (unpaired) electrons. The molecule has 0 aromatic carbocycles. The predicted molar refractivity (Wildman–Crippen MR) is 54.7 cm³/mol. The maximum absolute atomic E-state index is 9.49. The first kappa shape index (κ1) is 10.4. The molecule has 1 aliphatic heterocycles. The molecule has 1 fully saturated rings. The first-order valence-electron chi connectivity index (χ1n) is 4.73. The van der Waals surface area contributed by atoms with Gasteiger partial charge in [0, 0.05) is 13.1 Å². The van der Waals surface area contributed by atoms with Crippen LogP contribution in [0.1, 0.15) is 19.8 Å². The Balaban J connectivity index is 2.24. The van der Waals surface area contributed by atoms with Gasteiger partial charge in [-0.05, 0) is 31.1 Å². The fourth-order valence-electron chi connectivity index (χ4n) is 1.90. The number of thiol groups is 1. The highest BCUT2D eigenvalue weighted by Crippen LogP contribution is 2.16. The quantitative estimate of drug-likeness (QED) is 0.647. The highest BCUT2D eigenvalue weighted by Gasteiger charge is 2.21. The van der Waals surface area contributed by atoms with Crippen molar-refractivity contribution >= 4 is 12.6 Å². The number of aliphatic hydroxyl groups is 1. The van der Waals surface area contributed by atoms with E-state index in [0.717, 1.165) is 38.2 Å². The summed E-state index contributed by atoms with van der Waals surface area (Å²) in [6.45, 7) is 5.30. The highest BCUT2D eigenvalue weighted by molar-refractivity contribution is 7.80. The van der Waals surface area contributed by atoms with E-state index in [2.05, 4.69) is 24.5 Å². The van der Waals surface area contributed by atoms with E-state index < -0.39 is 0 Å². The molecule has 12 heavy (non-hydrogen) atoms. The molecule has 2 nitrogen and oxygen atoms in total. The van der Waals surface area contributed by atoms with Crippen LogP contribution >= 0.6 is 12.6 Å². The van der Waals surface area contributed by atoms with E-state index in [1.807, 2.05) is 0 Å². The van der Waals surface area contributed by atoms with Crippen molar-refractivity contribution < 1.29 is 5.11 Å². The van der Waals surface area contributed by atoms with Gasteiger partial charge in [-0.3, -0.25) is 0 Å². The number of β-amino-alcohol motifs (C(OH)–C–C–N with tert-alkyl or cyclic N) is 1. The topological polar surface area (TPSA) is 23.5 Å².